The Morgan fingerprint density at radius 1 is 0.967 bits per heavy atom. The van der Waals surface area contributed by atoms with Gasteiger partial charge >= 0.3 is 0 Å². The summed E-state index contributed by atoms with van der Waals surface area (Å²) in [6.45, 7) is 2.13. The lowest BCUT2D eigenvalue weighted by Gasteiger charge is -2.43. The highest BCUT2D eigenvalue weighted by Crippen LogP contribution is 2.52. The molecule has 0 aromatic heterocycles. The Hall–Kier alpha value is -2.17. The Morgan fingerprint density at radius 2 is 1.67 bits per heavy atom. The minimum Gasteiger partial charge on any atom is -0.376 e. The van der Waals surface area contributed by atoms with Crippen LogP contribution in [0.4, 0.5) is 0 Å². The van der Waals surface area contributed by atoms with Crippen LogP contribution in [0.2, 0.25) is 0 Å². The molecule has 0 radical (unpaired) electrons. The maximum absolute atomic E-state index is 12.9. The van der Waals surface area contributed by atoms with E-state index in [4.69, 9.17) is 9.47 Å². The number of rotatable bonds is 6. The molecular weight excluding hydrogens is 374 g/mol. The molecule has 4 nitrogen and oxygen atoms in total. The summed E-state index contributed by atoms with van der Waals surface area (Å²) in [6.07, 6.45) is 6.00. The first-order valence-corrected chi connectivity index (χ1v) is 11.4. The van der Waals surface area contributed by atoms with Crippen molar-refractivity contribution < 1.29 is 14.3 Å². The third kappa shape index (κ3) is 3.67. The van der Waals surface area contributed by atoms with Gasteiger partial charge in [0.05, 0.1) is 19.3 Å². The molecule has 2 aliphatic heterocycles. The maximum Gasteiger partial charge on any atom is 0.225 e. The number of hydrogen-bond donors (Lipinski definition) is 0. The molecule has 30 heavy (non-hydrogen) atoms. The van der Waals surface area contributed by atoms with E-state index in [0.717, 1.165) is 38.7 Å². The normalized spacial score (nSPS) is 31.1. The van der Waals surface area contributed by atoms with Crippen molar-refractivity contribution in [3.05, 3.63) is 71.8 Å². The van der Waals surface area contributed by atoms with E-state index < -0.39 is 0 Å². The van der Waals surface area contributed by atoms with Crippen LogP contribution in [0.25, 0.3) is 0 Å². The van der Waals surface area contributed by atoms with Crippen molar-refractivity contribution in [1.82, 2.24) is 4.90 Å². The average molecular weight is 406 g/mol. The number of fused-ring (bicyclic) bond motifs is 1. The molecule has 4 heteroatoms. The van der Waals surface area contributed by atoms with Crippen molar-refractivity contribution in [2.75, 3.05) is 13.2 Å². The van der Waals surface area contributed by atoms with Crippen molar-refractivity contribution in [2.24, 2.45) is 11.8 Å². The Bertz CT molecular complexity index is 847. The zero-order valence-electron chi connectivity index (χ0n) is 17.5. The molecule has 0 bridgehead atoms. The molecule has 3 fully saturated rings. The number of hydrogen-bond acceptors (Lipinski definition) is 3. The maximum atomic E-state index is 12.9. The smallest absolute Gasteiger partial charge is 0.225 e. The first kappa shape index (κ1) is 19.8. The van der Waals surface area contributed by atoms with Gasteiger partial charge in [-0.2, -0.15) is 0 Å². The number of nitrogens with zero attached hydrogens (tertiary/aromatic N) is 1. The van der Waals surface area contributed by atoms with Crippen molar-refractivity contribution in [1.29, 1.82) is 0 Å². The zero-order chi connectivity index (χ0) is 20.4. The second-order valence-corrected chi connectivity index (χ2v) is 9.06. The van der Waals surface area contributed by atoms with Crippen molar-refractivity contribution >= 4 is 5.91 Å². The highest BCUT2D eigenvalue weighted by molar-refractivity contribution is 5.80. The molecule has 2 saturated heterocycles. The minimum atomic E-state index is -0.381. The monoisotopic (exact) mass is 405 g/mol. The van der Waals surface area contributed by atoms with Crippen molar-refractivity contribution in [3.63, 3.8) is 0 Å². The molecule has 0 N–H and O–H groups in total. The lowest BCUT2D eigenvalue weighted by Crippen LogP contribution is -2.49. The summed E-state index contributed by atoms with van der Waals surface area (Å²) in [4.78, 5) is 15.0. The molecule has 2 aromatic carbocycles. The minimum absolute atomic E-state index is 0.0631. The number of carbonyl (C=O) groups excluding carboxylic acids is 1. The number of carbonyl (C=O) groups is 1. The van der Waals surface area contributed by atoms with Crippen LogP contribution in [-0.2, 0) is 20.9 Å². The van der Waals surface area contributed by atoms with Crippen LogP contribution >= 0.6 is 0 Å². The fourth-order valence-corrected chi connectivity index (χ4v) is 5.75. The second-order valence-electron chi connectivity index (χ2n) is 9.06. The van der Waals surface area contributed by atoms with Gasteiger partial charge in [0.1, 0.15) is 5.72 Å². The molecule has 1 aliphatic carbocycles. The van der Waals surface area contributed by atoms with Crippen LogP contribution < -0.4 is 0 Å². The number of ether oxygens (including phenoxy) is 2. The lowest BCUT2D eigenvalue weighted by molar-refractivity contribution is -0.151. The van der Waals surface area contributed by atoms with E-state index in [0.29, 0.717) is 31.5 Å². The largest absolute Gasteiger partial charge is 0.376 e. The molecule has 5 rings (SSSR count). The summed E-state index contributed by atoms with van der Waals surface area (Å²) in [5, 5.41) is 0. The van der Waals surface area contributed by atoms with E-state index in [1.54, 1.807) is 0 Å². The quantitative estimate of drug-likeness (QED) is 0.671. The topological polar surface area (TPSA) is 38.8 Å². The molecule has 0 spiro atoms. The van der Waals surface area contributed by atoms with Gasteiger partial charge in [-0.1, -0.05) is 60.7 Å². The molecule has 158 valence electrons. The second kappa shape index (κ2) is 8.52. The fraction of sp³-hybridized carbons (Fsp3) is 0.500. The fourth-order valence-electron chi connectivity index (χ4n) is 5.75. The number of benzene rings is 2. The molecule has 2 atom stereocenters. The third-order valence-corrected chi connectivity index (χ3v) is 7.31. The van der Waals surface area contributed by atoms with Gasteiger partial charge in [0.15, 0.2) is 0 Å². The standard InChI is InChI=1S/C26H31NO3/c28-25-15-16-26(27(25)24(19-30-26)22-9-5-2-6-10-22)23-13-11-21(12-14-23)18-29-17-20-7-3-1-4-8-20/h1-10,21,23-24H,11-19H2/t21-,23-,24-,26+/m1/s1. The van der Waals surface area contributed by atoms with Gasteiger partial charge in [0, 0.05) is 25.4 Å². The SMILES string of the molecule is O=C1CC[C@@]2([C@H]3CC[C@H](COCc4ccccc4)CC3)OC[C@H](c3ccccc3)N12. The first-order valence-electron chi connectivity index (χ1n) is 11.4. The van der Waals surface area contributed by atoms with Crippen LogP contribution in [-0.4, -0.2) is 29.7 Å². The molecule has 2 aromatic rings. The summed E-state index contributed by atoms with van der Waals surface area (Å²) in [6, 6.07) is 20.8. The molecule has 3 aliphatic rings. The first-order chi connectivity index (χ1) is 14.8. The van der Waals surface area contributed by atoms with Gasteiger partial charge in [-0.05, 0) is 42.7 Å². The van der Waals surface area contributed by atoms with Gasteiger partial charge in [-0.25, -0.2) is 0 Å². The van der Waals surface area contributed by atoms with Crippen molar-refractivity contribution in [2.45, 2.75) is 56.9 Å². The van der Waals surface area contributed by atoms with Gasteiger partial charge < -0.3 is 14.4 Å². The van der Waals surface area contributed by atoms with Crippen molar-refractivity contribution in [3.8, 4) is 0 Å². The van der Waals surface area contributed by atoms with E-state index in [1.165, 1.54) is 11.1 Å². The van der Waals surface area contributed by atoms with E-state index in [-0.39, 0.29) is 17.7 Å². The van der Waals surface area contributed by atoms with Gasteiger partial charge in [-0.3, -0.25) is 4.79 Å². The lowest BCUT2D eigenvalue weighted by atomic mass is 9.76. The summed E-state index contributed by atoms with van der Waals surface area (Å²) in [7, 11) is 0. The van der Waals surface area contributed by atoms with E-state index in [9.17, 15) is 4.79 Å². The van der Waals surface area contributed by atoms with Gasteiger partial charge in [0.25, 0.3) is 0 Å². The Labute approximate surface area is 179 Å². The number of amides is 1. The highest BCUT2D eigenvalue weighted by atomic mass is 16.5. The zero-order valence-corrected chi connectivity index (χ0v) is 17.5. The summed E-state index contributed by atoms with van der Waals surface area (Å²) >= 11 is 0. The van der Waals surface area contributed by atoms with Crippen LogP contribution in [0.3, 0.4) is 0 Å². The molecule has 2 heterocycles. The summed E-state index contributed by atoms with van der Waals surface area (Å²) in [5.74, 6) is 1.30. The molecule has 1 amide bonds. The Morgan fingerprint density at radius 3 is 2.40 bits per heavy atom. The summed E-state index contributed by atoms with van der Waals surface area (Å²) < 4.78 is 12.5. The molecule has 0 unspecified atom stereocenters. The molecular formula is C26H31NO3. The van der Waals surface area contributed by atoms with Crippen LogP contribution in [0.1, 0.15) is 55.7 Å². The summed E-state index contributed by atoms with van der Waals surface area (Å²) in [5.41, 5.74) is 2.04. The van der Waals surface area contributed by atoms with Gasteiger partial charge in [-0.15, -0.1) is 0 Å². The highest BCUT2D eigenvalue weighted by Gasteiger charge is 2.58. The molecule has 1 saturated carbocycles. The van der Waals surface area contributed by atoms with E-state index in [2.05, 4.69) is 53.4 Å². The van der Waals surface area contributed by atoms with Crippen LogP contribution in [0, 0.1) is 11.8 Å². The Kier molecular flexibility index (Phi) is 5.62. The van der Waals surface area contributed by atoms with Crippen LogP contribution in [0.5, 0.6) is 0 Å². The predicted molar refractivity (Wildman–Crippen MR) is 115 cm³/mol. The predicted octanol–water partition coefficient (Wildman–Crippen LogP) is 5.10. The van der Waals surface area contributed by atoms with E-state index >= 15 is 0 Å². The Balaban J connectivity index is 1.20. The average Bonchev–Trinajstić information content (AvgIpc) is 3.35. The van der Waals surface area contributed by atoms with Gasteiger partial charge in [0.2, 0.25) is 5.91 Å². The van der Waals surface area contributed by atoms with E-state index in [1.807, 2.05) is 12.1 Å². The third-order valence-electron chi connectivity index (χ3n) is 7.31. The van der Waals surface area contributed by atoms with Crippen LogP contribution in [0.15, 0.2) is 60.7 Å².